The van der Waals surface area contributed by atoms with Crippen molar-refractivity contribution in [2.45, 2.75) is 26.7 Å². The van der Waals surface area contributed by atoms with Gasteiger partial charge in [-0.05, 0) is 42.7 Å². The molecule has 0 unspecified atom stereocenters. The number of hydrogen-bond acceptors (Lipinski definition) is 2. The first kappa shape index (κ1) is 16.5. The smallest absolute Gasteiger partial charge is 0.0715 e. The van der Waals surface area contributed by atoms with Gasteiger partial charge < -0.3 is 0 Å². The van der Waals surface area contributed by atoms with E-state index in [2.05, 4.69) is 80.4 Å². The largest absolute Gasteiger partial charge is 0.256 e. The Hall–Kier alpha value is -3.00. The van der Waals surface area contributed by atoms with Gasteiger partial charge in [-0.3, -0.25) is 9.97 Å². The summed E-state index contributed by atoms with van der Waals surface area (Å²) < 4.78 is 0. The molecule has 2 nitrogen and oxygen atoms in total. The Morgan fingerprint density at radius 2 is 1.58 bits per heavy atom. The highest BCUT2D eigenvalue weighted by atomic mass is 14.7. The maximum absolute atomic E-state index is 5.05. The van der Waals surface area contributed by atoms with Gasteiger partial charge in [-0.1, -0.05) is 61.9 Å². The minimum Gasteiger partial charge on any atom is -0.256 e. The molecule has 0 aliphatic carbocycles. The predicted molar refractivity (Wildman–Crippen MR) is 109 cm³/mol. The number of rotatable bonds is 3. The highest BCUT2D eigenvalue weighted by Gasteiger charge is 2.20. The van der Waals surface area contributed by atoms with Crippen molar-refractivity contribution in [3.8, 4) is 22.4 Å². The summed E-state index contributed by atoms with van der Waals surface area (Å²) in [5.74, 6) is 0.318. The van der Waals surface area contributed by atoms with Crippen LogP contribution in [0, 0.1) is 6.92 Å². The standard InChI is InChI=1S/C24H22N2/c1-16(2)24-22(18-9-5-4-6-10-18)23(21-11-7-8-14-25-21)19-15-17(3)12-13-20(19)26-24/h4-16H,1-3H3. The van der Waals surface area contributed by atoms with Crippen LogP contribution in [0.5, 0.6) is 0 Å². The van der Waals surface area contributed by atoms with E-state index in [4.69, 9.17) is 4.98 Å². The molecule has 2 aromatic heterocycles. The minimum absolute atomic E-state index is 0.318. The average molecular weight is 338 g/mol. The lowest BCUT2D eigenvalue weighted by Crippen LogP contribution is -2.02. The van der Waals surface area contributed by atoms with Gasteiger partial charge in [-0.25, -0.2) is 0 Å². The molecule has 0 saturated heterocycles. The zero-order chi connectivity index (χ0) is 18.1. The molecular formula is C24H22N2. The van der Waals surface area contributed by atoms with Crippen molar-refractivity contribution in [3.63, 3.8) is 0 Å². The second-order valence-electron chi connectivity index (χ2n) is 7.00. The van der Waals surface area contributed by atoms with E-state index in [-0.39, 0.29) is 0 Å². The summed E-state index contributed by atoms with van der Waals surface area (Å²) in [6.07, 6.45) is 1.86. The third-order valence-corrected chi connectivity index (χ3v) is 4.70. The van der Waals surface area contributed by atoms with Gasteiger partial charge in [0.25, 0.3) is 0 Å². The molecule has 2 aromatic carbocycles. The second kappa shape index (κ2) is 6.72. The number of nitrogens with zero attached hydrogens (tertiary/aromatic N) is 2. The topological polar surface area (TPSA) is 25.8 Å². The van der Waals surface area contributed by atoms with Gasteiger partial charge >= 0.3 is 0 Å². The van der Waals surface area contributed by atoms with Crippen LogP contribution in [0.4, 0.5) is 0 Å². The number of fused-ring (bicyclic) bond motifs is 1. The maximum atomic E-state index is 5.05. The van der Waals surface area contributed by atoms with Gasteiger partial charge in [0.1, 0.15) is 0 Å². The molecule has 0 N–H and O–H groups in total. The highest BCUT2D eigenvalue weighted by Crippen LogP contribution is 2.41. The van der Waals surface area contributed by atoms with Crippen molar-refractivity contribution < 1.29 is 0 Å². The number of hydrogen-bond donors (Lipinski definition) is 0. The molecule has 0 radical (unpaired) electrons. The van der Waals surface area contributed by atoms with Gasteiger partial charge in [0.05, 0.1) is 16.9 Å². The Balaban J connectivity index is 2.20. The van der Waals surface area contributed by atoms with Gasteiger partial charge in [0, 0.05) is 22.7 Å². The van der Waals surface area contributed by atoms with E-state index in [1.165, 1.54) is 22.3 Å². The normalized spacial score (nSPS) is 11.2. The van der Waals surface area contributed by atoms with Gasteiger partial charge in [0.2, 0.25) is 0 Å². The fraction of sp³-hybridized carbons (Fsp3) is 0.167. The Bertz CT molecular complexity index is 1050. The molecule has 4 rings (SSSR count). The second-order valence-corrected chi connectivity index (χ2v) is 7.00. The molecule has 0 fully saturated rings. The van der Waals surface area contributed by atoms with Gasteiger partial charge in [-0.2, -0.15) is 0 Å². The molecule has 0 saturated carbocycles. The lowest BCUT2D eigenvalue weighted by molar-refractivity contribution is 0.833. The summed E-state index contributed by atoms with van der Waals surface area (Å²) in [7, 11) is 0. The van der Waals surface area contributed by atoms with E-state index in [1.807, 2.05) is 18.3 Å². The molecule has 0 aliphatic heterocycles. The fourth-order valence-corrected chi connectivity index (χ4v) is 3.49. The van der Waals surface area contributed by atoms with Crippen molar-refractivity contribution in [2.24, 2.45) is 0 Å². The molecule has 26 heavy (non-hydrogen) atoms. The van der Waals surface area contributed by atoms with Crippen LogP contribution in [-0.2, 0) is 0 Å². The lowest BCUT2D eigenvalue weighted by atomic mass is 9.88. The molecule has 128 valence electrons. The lowest BCUT2D eigenvalue weighted by Gasteiger charge is -2.19. The first-order chi connectivity index (χ1) is 12.6. The quantitative estimate of drug-likeness (QED) is 0.432. The SMILES string of the molecule is Cc1ccc2nc(C(C)C)c(-c3ccccc3)c(-c3ccccn3)c2c1. The van der Waals surface area contributed by atoms with Gasteiger partial charge in [-0.15, -0.1) is 0 Å². The number of benzene rings is 2. The fourth-order valence-electron chi connectivity index (χ4n) is 3.49. The molecule has 4 aromatic rings. The molecule has 0 amide bonds. The molecular weight excluding hydrogens is 316 g/mol. The summed E-state index contributed by atoms with van der Waals surface area (Å²) in [6, 6.07) is 23.1. The molecule has 0 aliphatic rings. The van der Waals surface area contributed by atoms with E-state index in [0.29, 0.717) is 5.92 Å². The molecule has 0 spiro atoms. The van der Waals surface area contributed by atoms with E-state index >= 15 is 0 Å². The summed E-state index contributed by atoms with van der Waals surface area (Å²) in [5, 5.41) is 1.16. The molecule has 0 bridgehead atoms. The zero-order valence-electron chi connectivity index (χ0n) is 15.4. The Morgan fingerprint density at radius 1 is 0.808 bits per heavy atom. The van der Waals surface area contributed by atoms with Crippen LogP contribution in [0.2, 0.25) is 0 Å². The number of aryl methyl sites for hydroxylation is 1. The van der Waals surface area contributed by atoms with Crippen LogP contribution in [0.15, 0.2) is 72.9 Å². The third-order valence-electron chi connectivity index (χ3n) is 4.70. The van der Waals surface area contributed by atoms with Crippen molar-refractivity contribution in [3.05, 3.63) is 84.2 Å². The van der Waals surface area contributed by atoms with Crippen molar-refractivity contribution in [2.75, 3.05) is 0 Å². The van der Waals surface area contributed by atoms with Crippen LogP contribution < -0.4 is 0 Å². The summed E-state index contributed by atoms with van der Waals surface area (Å²) in [4.78, 5) is 9.74. The average Bonchev–Trinajstić information content (AvgIpc) is 2.67. The van der Waals surface area contributed by atoms with Crippen molar-refractivity contribution >= 4 is 10.9 Å². The molecule has 2 heterocycles. The van der Waals surface area contributed by atoms with Crippen molar-refractivity contribution in [1.82, 2.24) is 9.97 Å². The predicted octanol–water partition coefficient (Wildman–Crippen LogP) is 6.40. The minimum atomic E-state index is 0.318. The van der Waals surface area contributed by atoms with E-state index < -0.39 is 0 Å². The van der Waals surface area contributed by atoms with E-state index in [9.17, 15) is 0 Å². The van der Waals surface area contributed by atoms with Crippen molar-refractivity contribution in [1.29, 1.82) is 0 Å². The van der Waals surface area contributed by atoms with Crippen LogP contribution in [-0.4, -0.2) is 9.97 Å². The Kier molecular flexibility index (Phi) is 4.26. The van der Waals surface area contributed by atoms with Crippen LogP contribution in [0.1, 0.15) is 31.0 Å². The monoisotopic (exact) mass is 338 g/mol. The first-order valence-electron chi connectivity index (χ1n) is 9.06. The summed E-state index contributed by atoms with van der Waals surface area (Å²) in [5.41, 5.74) is 7.92. The van der Waals surface area contributed by atoms with E-state index in [0.717, 1.165) is 22.3 Å². The Labute approximate surface area is 154 Å². The van der Waals surface area contributed by atoms with Crippen LogP contribution in [0.3, 0.4) is 0 Å². The van der Waals surface area contributed by atoms with Crippen LogP contribution in [0.25, 0.3) is 33.3 Å². The summed E-state index contributed by atoms with van der Waals surface area (Å²) in [6.45, 7) is 6.54. The van der Waals surface area contributed by atoms with Crippen LogP contribution >= 0.6 is 0 Å². The molecule has 2 heteroatoms. The third kappa shape index (κ3) is 2.88. The van der Waals surface area contributed by atoms with Gasteiger partial charge in [0.15, 0.2) is 0 Å². The number of aromatic nitrogens is 2. The molecule has 0 atom stereocenters. The maximum Gasteiger partial charge on any atom is 0.0715 e. The summed E-state index contributed by atoms with van der Waals surface area (Å²) >= 11 is 0. The highest BCUT2D eigenvalue weighted by molar-refractivity contribution is 6.02. The van der Waals surface area contributed by atoms with E-state index in [1.54, 1.807) is 0 Å². The number of pyridine rings is 2. The first-order valence-corrected chi connectivity index (χ1v) is 9.06. The zero-order valence-corrected chi connectivity index (χ0v) is 15.4. The Morgan fingerprint density at radius 3 is 2.27 bits per heavy atom.